The molecule has 2 N–H and O–H groups in total. The van der Waals surface area contributed by atoms with E-state index in [2.05, 4.69) is 0 Å². The van der Waals surface area contributed by atoms with Crippen molar-refractivity contribution in [1.29, 1.82) is 0 Å². The first-order chi connectivity index (χ1) is 6.25. The van der Waals surface area contributed by atoms with Crippen LogP contribution in [0, 0.1) is 0 Å². The van der Waals surface area contributed by atoms with Crippen LogP contribution in [0.3, 0.4) is 0 Å². The maximum atomic E-state index is 10.9. The highest BCUT2D eigenvalue weighted by Gasteiger charge is 2.08. The molecule has 0 fully saturated rings. The Morgan fingerprint density at radius 1 is 1.46 bits per heavy atom. The highest BCUT2D eigenvalue weighted by atomic mass is 17.2. The van der Waals surface area contributed by atoms with Crippen LogP contribution in [0.1, 0.15) is 17.3 Å². The monoisotopic (exact) mass is 181 g/mol. The standard InChI is InChI=1S/C9H11NO3/c1-2-12-13-8-6-4-3-5-7(8)9(10)11/h3-6H,2H2,1H3,(H2,10,11). The van der Waals surface area contributed by atoms with E-state index in [-0.39, 0.29) is 0 Å². The molecule has 0 radical (unpaired) electrons. The highest BCUT2D eigenvalue weighted by Crippen LogP contribution is 2.16. The van der Waals surface area contributed by atoms with Gasteiger partial charge in [-0.2, -0.15) is 4.89 Å². The molecule has 0 aromatic heterocycles. The van der Waals surface area contributed by atoms with Gasteiger partial charge in [0.05, 0.1) is 12.2 Å². The maximum absolute atomic E-state index is 10.9. The molecule has 13 heavy (non-hydrogen) atoms. The number of benzene rings is 1. The minimum absolute atomic E-state index is 0.316. The van der Waals surface area contributed by atoms with Crippen molar-refractivity contribution in [1.82, 2.24) is 0 Å². The summed E-state index contributed by atoms with van der Waals surface area (Å²) in [7, 11) is 0. The lowest BCUT2D eigenvalue weighted by atomic mass is 10.2. The first kappa shape index (κ1) is 9.54. The van der Waals surface area contributed by atoms with Crippen molar-refractivity contribution in [2.24, 2.45) is 5.73 Å². The highest BCUT2D eigenvalue weighted by molar-refractivity contribution is 5.95. The van der Waals surface area contributed by atoms with E-state index in [9.17, 15) is 4.79 Å². The topological polar surface area (TPSA) is 61.6 Å². The number of hydrogen-bond acceptors (Lipinski definition) is 3. The molecule has 0 heterocycles. The molecule has 0 atom stereocenters. The van der Waals surface area contributed by atoms with Crippen LogP contribution >= 0.6 is 0 Å². The van der Waals surface area contributed by atoms with Gasteiger partial charge in [-0.15, -0.1) is 0 Å². The zero-order chi connectivity index (χ0) is 9.68. The molecule has 1 amide bonds. The summed E-state index contributed by atoms with van der Waals surface area (Å²) in [6.45, 7) is 2.19. The third-order valence-corrected chi connectivity index (χ3v) is 1.42. The third-order valence-electron chi connectivity index (χ3n) is 1.42. The van der Waals surface area contributed by atoms with Crippen LogP contribution in [0.4, 0.5) is 0 Å². The Hall–Kier alpha value is -1.55. The van der Waals surface area contributed by atoms with Crippen LogP contribution < -0.4 is 10.6 Å². The Kier molecular flexibility index (Phi) is 3.28. The number of para-hydroxylation sites is 1. The Bertz CT molecular complexity index is 299. The second-order valence-electron chi connectivity index (χ2n) is 2.35. The van der Waals surface area contributed by atoms with Crippen molar-refractivity contribution in [3.8, 4) is 5.75 Å². The van der Waals surface area contributed by atoms with Crippen molar-refractivity contribution >= 4 is 5.91 Å². The number of carbonyl (C=O) groups is 1. The Morgan fingerprint density at radius 2 is 2.15 bits per heavy atom. The summed E-state index contributed by atoms with van der Waals surface area (Å²) in [6, 6.07) is 6.64. The van der Waals surface area contributed by atoms with E-state index in [1.165, 1.54) is 0 Å². The van der Waals surface area contributed by atoms with E-state index >= 15 is 0 Å². The van der Waals surface area contributed by atoms with Gasteiger partial charge in [0.1, 0.15) is 0 Å². The molecule has 1 aromatic rings. The van der Waals surface area contributed by atoms with Crippen LogP contribution in [0.5, 0.6) is 5.75 Å². The molecule has 0 spiro atoms. The quantitative estimate of drug-likeness (QED) is 0.559. The zero-order valence-corrected chi connectivity index (χ0v) is 7.32. The van der Waals surface area contributed by atoms with Crippen LogP contribution in [-0.2, 0) is 4.89 Å². The molecule has 1 rings (SSSR count). The summed E-state index contributed by atoms with van der Waals surface area (Å²) < 4.78 is 0. The summed E-state index contributed by atoms with van der Waals surface area (Å²) in [5, 5.41) is 0. The predicted octanol–water partition coefficient (Wildman–Crippen LogP) is 1.12. The minimum atomic E-state index is -0.532. The summed E-state index contributed by atoms with van der Waals surface area (Å²) in [5.41, 5.74) is 5.43. The molecular weight excluding hydrogens is 170 g/mol. The van der Waals surface area contributed by atoms with Crippen LogP contribution in [0.25, 0.3) is 0 Å². The number of amides is 1. The first-order valence-corrected chi connectivity index (χ1v) is 3.94. The smallest absolute Gasteiger partial charge is 0.252 e. The lowest BCUT2D eigenvalue weighted by molar-refractivity contribution is -0.202. The molecule has 70 valence electrons. The van der Waals surface area contributed by atoms with Crippen LogP contribution in [0.2, 0.25) is 0 Å². The van der Waals surface area contributed by atoms with E-state index in [0.29, 0.717) is 17.9 Å². The predicted molar refractivity (Wildman–Crippen MR) is 47.2 cm³/mol. The van der Waals surface area contributed by atoms with Gasteiger partial charge in [-0.1, -0.05) is 12.1 Å². The van der Waals surface area contributed by atoms with Gasteiger partial charge in [-0.05, 0) is 19.1 Å². The van der Waals surface area contributed by atoms with Crippen LogP contribution in [-0.4, -0.2) is 12.5 Å². The summed E-state index contributed by atoms with van der Waals surface area (Å²) in [6.07, 6.45) is 0. The van der Waals surface area contributed by atoms with Gasteiger partial charge in [0.15, 0.2) is 5.75 Å². The normalized spacial score (nSPS) is 9.62. The Morgan fingerprint density at radius 3 is 2.77 bits per heavy atom. The van der Waals surface area contributed by atoms with Gasteiger partial charge >= 0.3 is 0 Å². The molecule has 1 aromatic carbocycles. The van der Waals surface area contributed by atoms with Gasteiger partial charge in [-0.25, -0.2) is 0 Å². The number of rotatable bonds is 4. The Labute approximate surface area is 76.2 Å². The van der Waals surface area contributed by atoms with Gasteiger partial charge in [-0.3, -0.25) is 4.79 Å². The number of primary amides is 1. The maximum Gasteiger partial charge on any atom is 0.252 e. The van der Waals surface area contributed by atoms with Crippen molar-refractivity contribution in [2.75, 3.05) is 6.61 Å². The summed E-state index contributed by atoms with van der Waals surface area (Å²) in [5.74, 6) is -0.188. The van der Waals surface area contributed by atoms with Crippen LogP contribution in [0.15, 0.2) is 24.3 Å². The Balaban J connectivity index is 2.84. The molecule has 0 aliphatic rings. The fraction of sp³-hybridized carbons (Fsp3) is 0.222. The third kappa shape index (κ3) is 2.45. The molecule has 0 unspecified atom stereocenters. The van der Waals surface area contributed by atoms with E-state index in [1.807, 2.05) is 0 Å². The van der Waals surface area contributed by atoms with Gasteiger partial charge in [0.25, 0.3) is 5.91 Å². The molecule has 0 saturated carbocycles. The second kappa shape index (κ2) is 4.47. The lowest BCUT2D eigenvalue weighted by Crippen LogP contribution is -2.13. The van der Waals surface area contributed by atoms with Crippen molar-refractivity contribution in [3.05, 3.63) is 29.8 Å². The first-order valence-electron chi connectivity index (χ1n) is 3.94. The largest absolute Gasteiger partial charge is 0.365 e. The van der Waals surface area contributed by atoms with Gasteiger partial charge < -0.3 is 10.6 Å². The SMILES string of the molecule is CCOOc1ccccc1C(N)=O. The number of hydrogen-bond donors (Lipinski definition) is 1. The molecule has 0 aliphatic heterocycles. The van der Waals surface area contributed by atoms with E-state index in [1.54, 1.807) is 31.2 Å². The van der Waals surface area contributed by atoms with E-state index < -0.39 is 5.91 Å². The van der Waals surface area contributed by atoms with E-state index in [4.69, 9.17) is 15.5 Å². The molecule has 4 heteroatoms. The fourth-order valence-corrected chi connectivity index (χ4v) is 0.865. The van der Waals surface area contributed by atoms with Gasteiger partial charge in [0, 0.05) is 0 Å². The molecule has 0 bridgehead atoms. The summed E-state index contributed by atoms with van der Waals surface area (Å²) in [4.78, 5) is 20.4. The average Bonchev–Trinajstić information content (AvgIpc) is 2.15. The second-order valence-corrected chi connectivity index (χ2v) is 2.35. The zero-order valence-electron chi connectivity index (χ0n) is 7.32. The lowest BCUT2D eigenvalue weighted by Gasteiger charge is -2.05. The van der Waals surface area contributed by atoms with Crippen molar-refractivity contribution < 1.29 is 14.6 Å². The summed E-state index contributed by atoms with van der Waals surface area (Å²) >= 11 is 0. The average molecular weight is 181 g/mol. The van der Waals surface area contributed by atoms with Crippen molar-refractivity contribution in [2.45, 2.75) is 6.92 Å². The number of carbonyl (C=O) groups excluding carboxylic acids is 1. The molecular formula is C9H11NO3. The molecule has 0 aliphatic carbocycles. The van der Waals surface area contributed by atoms with E-state index in [0.717, 1.165) is 0 Å². The minimum Gasteiger partial charge on any atom is -0.365 e. The molecule has 0 saturated heterocycles. The fourth-order valence-electron chi connectivity index (χ4n) is 0.865. The van der Waals surface area contributed by atoms with Gasteiger partial charge in [0.2, 0.25) is 0 Å². The number of nitrogens with two attached hydrogens (primary N) is 1. The van der Waals surface area contributed by atoms with Crippen molar-refractivity contribution in [3.63, 3.8) is 0 Å². The molecule has 4 nitrogen and oxygen atoms in total.